The van der Waals surface area contributed by atoms with Crippen LogP contribution >= 0.6 is 0 Å². The Morgan fingerprint density at radius 3 is 2.58 bits per heavy atom. The fourth-order valence-corrected chi connectivity index (χ4v) is 3.22. The molecule has 0 heterocycles. The predicted octanol–water partition coefficient (Wildman–Crippen LogP) is 3.78. The van der Waals surface area contributed by atoms with E-state index < -0.39 is 0 Å². The van der Waals surface area contributed by atoms with Gasteiger partial charge in [-0.25, -0.2) is 0 Å². The summed E-state index contributed by atoms with van der Waals surface area (Å²) >= 11 is 0. The van der Waals surface area contributed by atoms with E-state index in [1.807, 2.05) is 12.1 Å². The molecule has 0 amide bonds. The molecule has 0 radical (unpaired) electrons. The first kappa shape index (κ1) is 14.4. The van der Waals surface area contributed by atoms with Crippen LogP contribution in [0.2, 0.25) is 0 Å². The van der Waals surface area contributed by atoms with Crippen LogP contribution in [-0.4, -0.2) is 13.2 Å². The molecule has 1 aromatic carbocycles. The molecule has 0 aromatic heterocycles. The Morgan fingerprint density at radius 2 is 1.95 bits per heavy atom. The molecular formula is C17H27NO. The Hall–Kier alpha value is -1.02. The van der Waals surface area contributed by atoms with Crippen LogP contribution < -0.4 is 10.5 Å². The average Bonchev–Trinajstić information content (AvgIpc) is 2.40. The largest absolute Gasteiger partial charge is 0.497 e. The lowest BCUT2D eigenvalue weighted by atomic mass is 9.68. The number of hydrogen-bond acceptors (Lipinski definition) is 2. The van der Waals surface area contributed by atoms with Crippen molar-refractivity contribution in [2.45, 2.75) is 52.0 Å². The van der Waals surface area contributed by atoms with Gasteiger partial charge in [-0.2, -0.15) is 0 Å². The molecular weight excluding hydrogens is 234 g/mol. The lowest BCUT2D eigenvalue weighted by Gasteiger charge is -2.39. The van der Waals surface area contributed by atoms with E-state index in [2.05, 4.69) is 26.0 Å². The molecule has 106 valence electrons. The minimum absolute atomic E-state index is 0.395. The number of methoxy groups -OCH3 is 1. The molecule has 2 N–H and O–H groups in total. The summed E-state index contributed by atoms with van der Waals surface area (Å²) in [6.07, 6.45) is 6.05. The summed E-state index contributed by atoms with van der Waals surface area (Å²) in [7, 11) is 1.71. The SMILES string of the molecule is COc1ccc(CCC2CC(C)(C)CCC2N)cc1. The summed E-state index contributed by atoms with van der Waals surface area (Å²) in [5, 5.41) is 0. The summed E-state index contributed by atoms with van der Waals surface area (Å²) in [6, 6.07) is 8.81. The van der Waals surface area contributed by atoms with Gasteiger partial charge in [0.2, 0.25) is 0 Å². The normalized spacial score (nSPS) is 26.1. The van der Waals surface area contributed by atoms with Gasteiger partial charge in [0.15, 0.2) is 0 Å². The van der Waals surface area contributed by atoms with E-state index in [0.29, 0.717) is 17.4 Å². The molecule has 0 saturated heterocycles. The highest BCUT2D eigenvalue weighted by Crippen LogP contribution is 2.39. The molecule has 1 aliphatic carbocycles. The van der Waals surface area contributed by atoms with Crippen molar-refractivity contribution in [3.63, 3.8) is 0 Å². The quantitative estimate of drug-likeness (QED) is 0.895. The second-order valence-electron chi connectivity index (χ2n) is 6.72. The molecule has 0 spiro atoms. The van der Waals surface area contributed by atoms with Crippen molar-refractivity contribution in [1.29, 1.82) is 0 Å². The van der Waals surface area contributed by atoms with Gasteiger partial charge < -0.3 is 10.5 Å². The molecule has 2 atom stereocenters. The van der Waals surface area contributed by atoms with Crippen molar-refractivity contribution in [2.24, 2.45) is 17.1 Å². The summed E-state index contributed by atoms with van der Waals surface area (Å²) < 4.78 is 5.19. The van der Waals surface area contributed by atoms with E-state index in [1.165, 1.54) is 31.2 Å². The fraction of sp³-hybridized carbons (Fsp3) is 0.647. The van der Waals surface area contributed by atoms with E-state index in [4.69, 9.17) is 10.5 Å². The molecule has 1 saturated carbocycles. The standard InChI is InChI=1S/C17H27NO/c1-17(2)11-10-16(18)14(12-17)7-4-13-5-8-15(19-3)9-6-13/h5-6,8-9,14,16H,4,7,10-12,18H2,1-3H3. The second kappa shape index (κ2) is 5.96. The first-order valence-corrected chi connectivity index (χ1v) is 7.39. The van der Waals surface area contributed by atoms with Crippen LogP contribution in [0.15, 0.2) is 24.3 Å². The molecule has 0 bridgehead atoms. The molecule has 1 aliphatic rings. The summed E-state index contributed by atoms with van der Waals surface area (Å²) in [5.74, 6) is 1.60. The van der Waals surface area contributed by atoms with Gasteiger partial charge in [0.05, 0.1) is 7.11 Å². The number of ether oxygens (including phenoxy) is 1. The van der Waals surface area contributed by atoms with Gasteiger partial charge in [-0.3, -0.25) is 0 Å². The minimum Gasteiger partial charge on any atom is -0.497 e. The summed E-state index contributed by atoms with van der Waals surface area (Å²) in [4.78, 5) is 0. The summed E-state index contributed by atoms with van der Waals surface area (Å²) in [6.45, 7) is 4.75. The van der Waals surface area contributed by atoms with Crippen molar-refractivity contribution in [3.05, 3.63) is 29.8 Å². The van der Waals surface area contributed by atoms with Crippen molar-refractivity contribution in [1.82, 2.24) is 0 Å². The van der Waals surface area contributed by atoms with Crippen LogP contribution in [0.3, 0.4) is 0 Å². The lowest BCUT2D eigenvalue weighted by Crippen LogP contribution is -2.39. The van der Waals surface area contributed by atoms with Crippen molar-refractivity contribution in [3.8, 4) is 5.75 Å². The maximum atomic E-state index is 6.29. The number of benzene rings is 1. The van der Waals surface area contributed by atoms with Crippen LogP contribution in [0, 0.1) is 11.3 Å². The van der Waals surface area contributed by atoms with Crippen molar-refractivity contribution >= 4 is 0 Å². The summed E-state index contributed by atoms with van der Waals surface area (Å²) in [5.41, 5.74) is 8.15. The Bertz CT molecular complexity index is 396. The minimum atomic E-state index is 0.395. The van der Waals surface area contributed by atoms with Gasteiger partial charge in [0.1, 0.15) is 5.75 Å². The van der Waals surface area contributed by atoms with Gasteiger partial charge in [0.25, 0.3) is 0 Å². The molecule has 0 aliphatic heterocycles. The molecule has 2 nitrogen and oxygen atoms in total. The average molecular weight is 261 g/mol. The Labute approximate surface area is 117 Å². The first-order valence-electron chi connectivity index (χ1n) is 7.39. The predicted molar refractivity (Wildman–Crippen MR) is 80.4 cm³/mol. The lowest BCUT2D eigenvalue weighted by molar-refractivity contribution is 0.151. The van der Waals surface area contributed by atoms with Crippen LogP contribution in [0.4, 0.5) is 0 Å². The van der Waals surface area contributed by atoms with Crippen LogP contribution in [0.25, 0.3) is 0 Å². The topological polar surface area (TPSA) is 35.2 Å². The molecule has 1 fully saturated rings. The van der Waals surface area contributed by atoms with Crippen molar-refractivity contribution in [2.75, 3.05) is 7.11 Å². The Morgan fingerprint density at radius 1 is 1.26 bits per heavy atom. The van der Waals surface area contributed by atoms with Crippen LogP contribution in [-0.2, 0) is 6.42 Å². The smallest absolute Gasteiger partial charge is 0.118 e. The number of rotatable bonds is 4. The first-order chi connectivity index (χ1) is 9.00. The zero-order valence-electron chi connectivity index (χ0n) is 12.5. The van der Waals surface area contributed by atoms with E-state index in [1.54, 1.807) is 7.11 Å². The highest BCUT2D eigenvalue weighted by molar-refractivity contribution is 5.27. The van der Waals surface area contributed by atoms with E-state index in [0.717, 1.165) is 12.2 Å². The monoisotopic (exact) mass is 261 g/mol. The highest BCUT2D eigenvalue weighted by atomic mass is 16.5. The number of hydrogen-bond donors (Lipinski definition) is 1. The fourth-order valence-electron chi connectivity index (χ4n) is 3.22. The second-order valence-corrected chi connectivity index (χ2v) is 6.72. The van der Waals surface area contributed by atoms with E-state index >= 15 is 0 Å². The molecule has 19 heavy (non-hydrogen) atoms. The zero-order valence-corrected chi connectivity index (χ0v) is 12.5. The van der Waals surface area contributed by atoms with E-state index in [9.17, 15) is 0 Å². The van der Waals surface area contributed by atoms with Crippen molar-refractivity contribution < 1.29 is 4.74 Å². The van der Waals surface area contributed by atoms with Gasteiger partial charge in [-0.1, -0.05) is 26.0 Å². The Kier molecular flexibility index (Phi) is 4.51. The third-order valence-electron chi connectivity index (χ3n) is 4.54. The van der Waals surface area contributed by atoms with Gasteiger partial charge in [-0.15, -0.1) is 0 Å². The maximum absolute atomic E-state index is 6.29. The van der Waals surface area contributed by atoms with Gasteiger partial charge in [-0.05, 0) is 61.1 Å². The van der Waals surface area contributed by atoms with Gasteiger partial charge in [0, 0.05) is 6.04 Å². The molecule has 1 aromatic rings. The molecule has 2 rings (SSSR count). The third kappa shape index (κ3) is 3.97. The Balaban J connectivity index is 1.89. The molecule has 2 unspecified atom stereocenters. The zero-order chi connectivity index (χ0) is 13.9. The van der Waals surface area contributed by atoms with Crippen LogP contribution in [0.1, 0.15) is 45.1 Å². The number of aryl methyl sites for hydroxylation is 1. The van der Waals surface area contributed by atoms with E-state index in [-0.39, 0.29) is 0 Å². The maximum Gasteiger partial charge on any atom is 0.118 e. The third-order valence-corrected chi connectivity index (χ3v) is 4.54. The highest BCUT2D eigenvalue weighted by Gasteiger charge is 2.32. The van der Waals surface area contributed by atoms with Crippen LogP contribution in [0.5, 0.6) is 5.75 Å². The number of nitrogens with two attached hydrogens (primary N) is 1. The van der Waals surface area contributed by atoms with Gasteiger partial charge >= 0.3 is 0 Å². The molecule has 2 heteroatoms.